The van der Waals surface area contributed by atoms with Gasteiger partial charge in [-0.2, -0.15) is 5.10 Å². The molecule has 9 heteroatoms. The van der Waals surface area contributed by atoms with Crippen molar-refractivity contribution in [3.05, 3.63) is 22.5 Å². The van der Waals surface area contributed by atoms with Crippen LogP contribution in [0.3, 0.4) is 0 Å². The van der Waals surface area contributed by atoms with Crippen molar-refractivity contribution in [3.63, 3.8) is 0 Å². The molecule has 0 aliphatic carbocycles. The zero-order valence-electron chi connectivity index (χ0n) is 15.1. The van der Waals surface area contributed by atoms with Gasteiger partial charge in [0, 0.05) is 18.5 Å². The van der Waals surface area contributed by atoms with Crippen molar-refractivity contribution >= 4 is 29.3 Å². The molecule has 0 saturated carbocycles. The number of aromatic nitrogens is 1. The summed E-state index contributed by atoms with van der Waals surface area (Å²) in [6.07, 6.45) is -0.803. The third-order valence-corrected chi connectivity index (χ3v) is 3.96. The average molecular weight is 363 g/mol. The van der Waals surface area contributed by atoms with E-state index < -0.39 is 23.8 Å². The molecule has 0 unspecified atom stereocenters. The van der Waals surface area contributed by atoms with Crippen LogP contribution in [0.4, 0.5) is 0 Å². The second-order valence-electron chi connectivity index (χ2n) is 5.85. The number of ether oxygens (including phenoxy) is 2. The monoisotopic (exact) mass is 363 g/mol. The summed E-state index contributed by atoms with van der Waals surface area (Å²) in [6, 6.07) is 0. The van der Waals surface area contributed by atoms with Crippen molar-refractivity contribution in [3.8, 4) is 0 Å². The number of hydrogen-bond donors (Lipinski definition) is 2. The summed E-state index contributed by atoms with van der Waals surface area (Å²) >= 11 is 0. The highest BCUT2D eigenvalue weighted by Crippen LogP contribution is 2.21. The second kappa shape index (κ2) is 7.94. The van der Waals surface area contributed by atoms with Gasteiger partial charge in [0.1, 0.15) is 5.71 Å². The number of carbonyl (C=O) groups excluding carboxylic acids is 4. The highest BCUT2D eigenvalue weighted by atomic mass is 16.5. The molecule has 0 bridgehead atoms. The Balaban J connectivity index is 2.13. The van der Waals surface area contributed by atoms with E-state index in [9.17, 15) is 19.2 Å². The first-order valence-electron chi connectivity index (χ1n) is 8.23. The van der Waals surface area contributed by atoms with Crippen LogP contribution in [-0.2, 0) is 19.1 Å². The third kappa shape index (κ3) is 3.98. The minimum Gasteiger partial charge on any atom is -0.462 e. The number of hydrogen-bond acceptors (Lipinski definition) is 7. The summed E-state index contributed by atoms with van der Waals surface area (Å²) in [7, 11) is 0. The topological polar surface area (TPSA) is 127 Å². The van der Waals surface area contributed by atoms with Crippen LogP contribution >= 0.6 is 0 Å². The smallest absolute Gasteiger partial charge is 0.355 e. The SMILES string of the molecule is CCOC(=O)c1c(C)[nH]c(C(=O)[C@H](C)OC(=O)C2=NNC(=O)CC2)c1C. The minimum atomic E-state index is -1.09. The van der Waals surface area contributed by atoms with E-state index in [-0.39, 0.29) is 36.8 Å². The van der Waals surface area contributed by atoms with E-state index >= 15 is 0 Å². The fourth-order valence-electron chi connectivity index (χ4n) is 2.61. The number of H-pyrrole nitrogens is 1. The summed E-state index contributed by atoms with van der Waals surface area (Å²) in [5.41, 5.74) is 3.68. The van der Waals surface area contributed by atoms with Gasteiger partial charge < -0.3 is 14.5 Å². The van der Waals surface area contributed by atoms with E-state index in [1.807, 2.05) is 0 Å². The number of aryl methyl sites for hydroxylation is 1. The molecule has 0 spiro atoms. The van der Waals surface area contributed by atoms with Crippen LogP contribution in [0.2, 0.25) is 0 Å². The molecule has 2 rings (SSSR count). The third-order valence-electron chi connectivity index (χ3n) is 3.96. The Morgan fingerprint density at radius 1 is 1.19 bits per heavy atom. The molecule has 0 radical (unpaired) electrons. The number of aromatic amines is 1. The number of nitrogens with one attached hydrogen (secondary N) is 2. The van der Waals surface area contributed by atoms with Gasteiger partial charge in [0.05, 0.1) is 17.9 Å². The van der Waals surface area contributed by atoms with E-state index in [2.05, 4.69) is 15.5 Å². The lowest BCUT2D eigenvalue weighted by molar-refractivity contribution is -0.138. The molecule has 1 amide bonds. The summed E-state index contributed by atoms with van der Waals surface area (Å²) < 4.78 is 10.1. The number of amides is 1. The zero-order chi connectivity index (χ0) is 19.4. The lowest BCUT2D eigenvalue weighted by atomic mass is 10.1. The molecule has 140 valence electrons. The normalized spacial score (nSPS) is 14.9. The predicted molar refractivity (Wildman–Crippen MR) is 90.9 cm³/mol. The van der Waals surface area contributed by atoms with Crippen LogP contribution in [0, 0.1) is 13.8 Å². The predicted octanol–water partition coefficient (Wildman–Crippen LogP) is 1.19. The number of ketones is 1. The maximum absolute atomic E-state index is 12.6. The molecule has 0 fully saturated rings. The van der Waals surface area contributed by atoms with E-state index in [4.69, 9.17) is 9.47 Å². The van der Waals surface area contributed by atoms with Gasteiger partial charge in [-0.1, -0.05) is 0 Å². The molecular formula is C17H21N3O6. The van der Waals surface area contributed by atoms with E-state index in [1.165, 1.54) is 6.92 Å². The number of nitrogens with zero attached hydrogens (tertiary/aromatic N) is 1. The Kier molecular flexibility index (Phi) is 5.91. The molecule has 26 heavy (non-hydrogen) atoms. The standard InChI is InChI=1S/C17H21N3O6/c1-5-25-17(24)13-8(2)14(18-9(13)3)15(22)10(4)26-16(23)11-6-7-12(21)20-19-11/h10,18H,5-7H2,1-4H3,(H,20,21)/t10-/m0/s1. The van der Waals surface area contributed by atoms with Gasteiger partial charge >= 0.3 is 11.9 Å². The van der Waals surface area contributed by atoms with Gasteiger partial charge in [0.2, 0.25) is 11.7 Å². The van der Waals surface area contributed by atoms with Crippen molar-refractivity contribution in [2.24, 2.45) is 5.10 Å². The highest BCUT2D eigenvalue weighted by molar-refractivity contribution is 6.37. The number of esters is 2. The number of hydrazone groups is 1. The van der Waals surface area contributed by atoms with Crippen molar-refractivity contribution in [2.75, 3.05) is 6.61 Å². The zero-order valence-corrected chi connectivity index (χ0v) is 15.1. The van der Waals surface area contributed by atoms with Crippen molar-refractivity contribution < 1.29 is 28.7 Å². The molecule has 1 aromatic heterocycles. The highest BCUT2D eigenvalue weighted by Gasteiger charge is 2.29. The first kappa shape index (κ1) is 19.4. The molecule has 1 aliphatic heterocycles. The van der Waals surface area contributed by atoms with Crippen LogP contribution in [0.25, 0.3) is 0 Å². The van der Waals surface area contributed by atoms with Gasteiger partial charge in [0.15, 0.2) is 6.10 Å². The first-order chi connectivity index (χ1) is 12.3. The minimum absolute atomic E-state index is 0.0517. The van der Waals surface area contributed by atoms with Gasteiger partial charge in [0.25, 0.3) is 0 Å². The van der Waals surface area contributed by atoms with Crippen LogP contribution in [0.5, 0.6) is 0 Å². The van der Waals surface area contributed by atoms with Crippen molar-refractivity contribution in [2.45, 2.75) is 46.6 Å². The fourth-order valence-corrected chi connectivity index (χ4v) is 2.61. The first-order valence-corrected chi connectivity index (χ1v) is 8.23. The Morgan fingerprint density at radius 3 is 2.46 bits per heavy atom. The van der Waals surface area contributed by atoms with Gasteiger partial charge in [-0.15, -0.1) is 0 Å². The number of rotatable bonds is 6. The quantitative estimate of drug-likeness (QED) is 0.577. The van der Waals surface area contributed by atoms with E-state index in [0.717, 1.165) is 0 Å². The van der Waals surface area contributed by atoms with Crippen LogP contribution in [0.15, 0.2) is 5.10 Å². The summed E-state index contributed by atoms with van der Waals surface area (Å²) in [6.45, 7) is 6.63. The van der Waals surface area contributed by atoms with Crippen molar-refractivity contribution in [1.29, 1.82) is 0 Å². The molecule has 0 saturated heterocycles. The van der Waals surface area contributed by atoms with Gasteiger partial charge in [-0.05, 0) is 33.3 Å². The molecule has 1 aromatic rings. The largest absolute Gasteiger partial charge is 0.462 e. The molecule has 2 heterocycles. The molecule has 2 N–H and O–H groups in total. The summed E-state index contributed by atoms with van der Waals surface area (Å²) in [5.74, 6) is -2.04. The lowest BCUT2D eigenvalue weighted by Crippen LogP contribution is -2.34. The second-order valence-corrected chi connectivity index (χ2v) is 5.85. The van der Waals surface area contributed by atoms with Gasteiger partial charge in [-0.25, -0.2) is 15.0 Å². The van der Waals surface area contributed by atoms with Crippen LogP contribution in [0.1, 0.15) is 58.8 Å². The maximum Gasteiger partial charge on any atom is 0.355 e. The van der Waals surface area contributed by atoms with Gasteiger partial charge in [-0.3, -0.25) is 9.59 Å². The Morgan fingerprint density at radius 2 is 1.88 bits per heavy atom. The Hall–Kier alpha value is -2.97. The molecule has 9 nitrogen and oxygen atoms in total. The van der Waals surface area contributed by atoms with Crippen LogP contribution in [-0.4, -0.2) is 47.0 Å². The Bertz CT molecular complexity index is 793. The van der Waals surface area contributed by atoms with E-state index in [0.29, 0.717) is 16.8 Å². The summed E-state index contributed by atoms with van der Waals surface area (Å²) in [5, 5.41) is 3.64. The number of Topliss-reactive ketones (excluding diaryl/α,β-unsaturated/α-hetero) is 1. The summed E-state index contributed by atoms with van der Waals surface area (Å²) in [4.78, 5) is 50.6. The molecule has 1 aliphatic rings. The van der Waals surface area contributed by atoms with Crippen molar-refractivity contribution in [1.82, 2.24) is 10.4 Å². The maximum atomic E-state index is 12.6. The molecule has 1 atom stereocenters. The average Bonchev–Trinajstić information content (AvgIpc) is 2.89. The van der Waals surface area contributed by atoms with E-state index in [1.54, 1.807) is 20.8 Å². The fraction of sp³-hybridized carbons (Fsp3) is 0.471. The number of carbonyl (C=O) groups is 4. The molecule has 0 aromatic carbocycles. The Labute approximate surface area is 150 Å². The van der Waals surface area contributed by atoms with Crippen LogP contribution < -0.4 is 5.43 Å². The molecular weight excluding hydrogens is 342 g/mol. The lowest BCUT2D eigenvalue weighted by Gasteiger charge is -2.15.